The first kappa shape index (κ1) is 15.3. The molecule has 0 unspecified atom stereocenters. The molecule has 2 saturated heterocycles. The highest BCUT2D eigenvalue weighted by Gasteiger charge is 2.24. The number of piperazine rings is 1. The number of carbonyl (C=O) groups excluding carboxylic acids is 1. The van der Waals surface area contributed by atoms with E-state index in [4.69, 9.17) is 0 Å². The van der Waals surface area contributed by atoms with Gasteiger partial charge in [-0.25, -0.2) is 9.97 Å². The van der Waals surface area contributed by atoms with Crippen molar-refractivity contribution >= 4 is 22.6 Å². The highest BCUT2D eigenvalue weighted by molar-refractivity contribution is 5.89. The molecule has 2 aromatic rings. The van der Waals surface area contributed by atoms with Crippen molar-refractivity contribution in [2.24, 2.45) is 0 Å². The summed E-state index contributed by atoms with van der Waals surface area (Å²) in [5.41, 5.74) is 0.981. The number of para-hydroxylation sites is 1. The molecule has 2 aliphatic heterocycles. The molecule has 0 atom stereocenters. The highest BCUT2D eigenvalue weighted by atomic mass is 16.2. The van der Waals surface area contributed by atoms with Crippen molar-refractivity contribution in [3.05, 3.63) is 30.6 Å². The number of carbonyl (C=O) groups is 1. The monoisotopic (exact) mass is 325 g/mol. The number of nitrogens with zero attached hydrogens (tertiary/aromatic N) is 5. The number of benzene rings is 1. The summed E-state index contributed by atoms with van der Waals surface area (Å²) in [5, 5.41) is 1.10. The Morgan fingerprint density at radius 2 is 1.71 bits per heavy atom. The molecule has 1 aromatic heterocycles. The van der Waals surface area contributed by atoms with Crippen LogP contribution in [-0.4, -0.2) is 71.5 Å². The number of hydrogen-bond acceptors (Lipinski definition) is 5. The van der Waals surface area contributed by atoms with E-state index in [1.54, 1.807) is 6.33 Å². The summed E-state index contributed by atoms with van der Waals surface area (Å²) in [6.45, 7) is 6.02. The fourth-order valence-corrected chi connectivity index (χ4v) is 3.62. The molecule has 0 N–H and O–H groups in total. The lowest BCUT2D eigenvalue weighted by molar-refractivity contribution is -0.131. The largest absolute Gasteiger partial charge is 0.353 e. The molecule has 0 radical (unpaired) electrons. The first-order valence-electron chi connectivity index (χ1n) is 8.76. The summed E-state index contributed by atoms with van der Waals surface area (Å²) in [4.78, 5) is 27.7. The molecule has 2 aliphatic rings. The van der Waals surface area contributed by atoms with Crippen molar-refractivity contribution in [2.45, 2.75) is 12.8 Å². The maximum absolute atomic E-state index is 12.3. The van der Waals surface area contributed by atoms with Crippen LogP contribution in [0, 0.1) is 0 Å². The molecule has 1 amide bonds. The second kappa shape index (κ2) is 6.73. The number of rotatable bonds is 3. The molecular formula is C18H23N5O. The minimum Gasteiger partial charge on any atom is -0.353 e. The zero-order valence-corrected chi connectivity index (χ0v) is 13.9. The molecule has 0 bridgehead atoms. The molecule has 0 aliphatic carbocycles. The van der Waals surface area contributed by atoms with Crippen LogP contribution >= 0.6 is 0 Å². The molecular weight excluding hydrogens is 302 g/mol. The van der Waals surface area contributed by atoms with Crippen LogP contribution in [-0.2, 0) is 4.79 Å². The third-order valence-corrected chi connectivity index (χ3v) is 5.01. The lowest BCUT2D eigenvalue weighted by Gasteiger charge is -2.36. The summed E-state index contributed by atoms with van der Waals surface area (Å²) >= 11 is 0. The Morgan fingerprint density at radius 1 is 0.958 bits per heavy atom. The topological polar surface area (TPSA) is 52.6 Å². The van der Waals surface area contributed by atoms with Gasteiger partial charge in [0.2, 0.25) is 5.91 Å². The van der Waals surface area contributed by atoms with Crippen LogP contribution in [0.5, 0.6) is 0 Å². The van der Waals surface area contributed by atoms with E-state index >= 15 is 0 Å². The van der Waals surface area contributed by atoms with Crippen molar-refractivity contribution in [3.63, 3.8) is 0 Å². The van der Waals surface area contributed by atoms with Crippen molar-refractivity contribution in [1.82, 2.24) is 19.8 Å². The van der Waals surface area contributed by atoms with Gasteiger partial charge in [-0.2, -0.15) is 0 Å². The Morgan fingerprint density at radius 3 is 2.50 bits per heavy atom. The second-order valence-corrected chi connectivity index (χ2v) is 6.57. The zero-order valence-electron chi connectivity index (χ0n) is 13.9. The Hall–Kier alpha value is -2.21. The number of likely N-dealkylation sites (tertiary alicyclic amines) is 1. The van der Waals surface area contributed by atoms with Crippen LogP contribution in [0.1, 0.15) is 12.8 Å². The number of amides is 1. The second-order valence-electron chi connectivity index (χ2n) is 6.57. The maximum atomic E-state index is 12.3. The fourth-order valence-electron chi connectivity index (χ4n) is 3.62. The van der Waals surface area contributed by atoms with Crippen LogP contribution in [0.15, 0.2) is 30.6 Å². The van der Waals surface area contributed by atoms with Gasteiger partial charge in [0, 0.05) is 44.7 Å². The third kappa shape index (κ3) is 3.06. The minimum absolute atomic E-state index is 0.286. The van der Waals surface area contributed by atoms with Gasteiger partial charge in [-0.05, 0) is 25.0 Å². The summed E-state index contributed by atoms with van der Waals surface area (Å²) in [6.07, 6.45) is 3.95. The van der Waals surface area contributed by atoms with Crippen molar-refractivity contribution in [1.29, 1.82) is 0 Å². The number of aromatic nitrogens is 2. The van der Waals surface area contributed by atoms with E-state index in [9.17, 15) is 4.79 Å². The first-order chi connectivity index (χ1) is 11.8. The highest BCUT2D eigenvalue weighted by Crippen LogP contribution is 2.23. The summed E-state index contributed by atoms with van der Waals surface area (Å²) < 4.78 is 0. The van der Waals surface area contributed by atoms with Crippen LogP contribution in [0.25, 0.3) is 10.9 Å². The number of anilines is 1. The molecule has 6 heteroatoms. The van der Waals surface area contributed by atoms with E-state index < -0.39 is 0 Å². The molecule has 24 heavy (non-hydrogen) atoms. The van der Waals surface area contributed by atoms with Crippen LogP contribution in [0.2, 0.25) is 0 Å². The van der Waals surface area contributed by atoms with E-state index in [0.717, 1.165) is 68.8 Å². The number of fused-ring (bicyclic) bond motifs is 1. The normalized spacial score (nSPS) is 19.2. The van der Waals surface area contributed by atoms with Crippen molar-refractivity contribution in [3.8, 4) is 0 Å². The van der Waals surface area contributed by atoms with Gasteiger partial charge in [0.05, 0.1) is 12.1 Å². The molecule has 2 fully saturated rings. The van der Waals surface area contributed by atoms with E-state index in [2.05, 4.69) is 25.8 Å². The van der Waals surface area contributed by atoms with E-state index in [0.29, 0.717) is 6.54 Å². The lowest BCUT2D eigenvalue weighted by atomic mass is 10.2. The predicted molar refractivity (Wildman–Crippen MR) is 94.0 cm³/mol. The quantitative estimate of drug-likeness (QED) is 0.853. The average molecular weight is 325 g/mol. The van der Waals surface area contributed by atoms with E-state index in [1.807, 2.05) is 23.1 Å². The summed E-state index contributed by atoms with van der Waals surface area (Å²) in [5.74, 6) is 1.29. The smallest absolute Gasteiger partial charge is 0.236 e. The predicted octanol–water partition coefficient (Wildman–Crippen LogP) is 1.37. The zero-order chi connectivity index (χ0) is 16.4. The molecule has 3 heterocycles. The van der Waals surface area contributed by atoms with Gasteiger partial charge >= 0.3 is 0 Å². The fraction of sp³-hybridized carbons (Fsp3) is 0.500. The average Bonchev–Trinajstić information content (AvgIpc) is 3.17. The Bertz CT molecular complexity index is 715. The van der Waals surface area contributed by atoms with Crippen LogP contribution < -0.4 is 4.90 Å². The van der Waals surface area contributed by atoms with Gasteiger partial charge in [-0.15, -0.1) is 0 Å². The SMILES string of the molecule is O=C(CN1CCN(c2ncnc3ccccc23)CC1)N1CCCC1. The van der Waals surface area contributed by atoms with Gasteiger partial charge in [-0.3, -0.25) is 9.69 Å². The van der Waals surface area contributed by atoms with Crippen LogP contribution in [0.4, 0.5) is 5.82 Å². The minimum atomic E-state index is 0.286. The Kier molecular flexibility index (Phi) is 4.30. The van der Waals surface area contributed by atoms with Crippen molar-refractivity contribution < 1.29 is 4.79 Å². The van der Waals surface area contributed by atoms with Gasteiger partial charge in [0.15, 0.2) is 0 Å². The van der Waals surface area contributed by atoms with Crippen LogP contribution in [0.3, 0.4) is 0 Å². The maximum Gasteiger partial charge on any atom is 0.236 e. The van der Waals surface area contributed by atoms with Gasteiger partial charge in [0.1, 0.15) is 12.1 Å². The standard InChI is InChI=1S/C18H23N5O/c24-17(22-7-3-4-8-22)13-21-9-11-23(12-10-21)18-15-5-1-2-6-16(15)19-14-20-18/h1-2,5-6,14H,3-4,7-13H2. The van der Waals surface area contributed by atoms with Crippen molar-refractivity contribution in [2.75, 3.05) is 50.7 Å². The summed E-state index contributed by atoms with van der Waals surface area (Å²) in [6, 6.07) is 8.13. The third-order valence-electron chi connectivity index (χ3n) is 5.01. The van der Waals surface area contributed by atoms with Gasteiger partial charge < -0.3 is 9.80 Å². The first-order valence-corrected chi connectivity index (χ1v) is 8.76. The van der Waals surface area contributed by atoms with E-state index in [-0.39, 0.29) is 5.91 Å². The molecule has 0 saturated carbocycles. The molecule has 1 aromatic carbocycles. The van der Waals surface area contributed by atoms with E-state index in [1.165, 1.54) is 0 Å². The summed E-state index contributed by atoms with van der Waals surface area (Å²) in [7, 11) is 0. The molecule has 126 valence electrons. The van der Waals surface area contributed by atoms with Gasteiger partial charge in [0.25, 0.3) is 0 Å². The molecule has 6 nitrogen and oxygen atoms in total. The lowest BCUT2D eigenvalue weighted by Crippen LogP contribution is -2.50. The Balaban J connectivity index is 1.39. The molecule has 4 rings (SSSR count). The van der Waals surface area contributed by atoms with Gasteiger partial charge in [-0.1, -0.05) is 12.1 Å². The number of hydrogen-bond donors (Lipinski definition) is 0. The molecule has 0 spiro atoms. The Labute approximate surface area is 142 Å².